The van der Waals surface area contributed by atoms with Crippen LogP contribution >= 0.6 is 11.5 Å². The standard InChI is InChI=1S/C15H15F2NO2S/c1-10(14(16)17)6-4-5-9-20-15(19)13-11-7-2-3-8-12(11)21-18-13/h2-3,7-8H,4-6,9H2,1H3. The van der Waals surface area contributed by atoms with E-state index in [0.717, 1.165) is 10.1 Å². The molecule has 112 valence electrons. The number of rotatable bonds is 6. The molecule has 3 nitrogen and oxygen atoms in total. The molecule has 2 aromatic rings. The van der Waals surface area contributed by atoms with E-state index in [9.17, 15) is 13.6 Å². The Morgan fingerprint density at radius 1 is 1.29 bits per heavy atom. The number of fused-ring (bicyclic) bond motifs is 1. The van der Waals surface area contributed by atoms with E-state index in [2.05, 4.69) is 4.37 Å². The van der Waals surface area contributed by atoms with Gasteiger partial charge in [-0.05, 0) is 49.4 Å². The van der Waals surface area contributed by atoms with E-state index < -0.39 is 12.0 Å². The molecule has 0 spiro atoms. The summed E-state index contributed by atoms with van der Waals surface area (Å²) >= 11 is 1.25. The molecule has 0 N–H and O–H groups in total. The number of carbonyl (C=O) groups is 1. The second-order valence-electron chi connectivity index (χ2n) is 4.66. The van der Waals surface area contributed by atoms with Crippen LogP contribution in [0.25, 0.3) is 10.1 Å². The molecule has 0 aliphatic heterocycles. The number of carbonyl (C=O) groups excluding carboxylic acids is 1. The number of aromatic nitrogens is 1. The van der Waals surface area contributed by atoms with Gasteiger partial charge < -0.3 is 4.74 Å². The molecule has 0 radical (unpaired) electrons. The first-order valence-electron chi connectivity index (χ1n) is 6.62. The first kappa shape index (κ1) is 15.6. The van der Waals surface area contributed by atoms with E-state index in [-0.39, 0.29) is 12.2 Å². The van der Waals surface area contributed by atoms with Gasteiger partial charge in [-0.2, -0.15) is 13.2 Å². The maximum absolute atomic E-state index is 12.2. The molecule has 1 aromatic carbocycles. The Hall–Kier alpha value is -1.82. The van der Waals surface area contributed by atoms with Crippen LogP contribution in [0.3, 0.4) is 0 Å². The Balaban J connectivity index is 1.82. The SMILES string of the molecule is CC(CCCCOC(=O)c1nsc2ccccc12)=C(F)F. The summed E-state index contributed by atoms with van der Waals surface area (Å²) in [5.74, 6) is -0.462. The maximum atomic E-state index is 12.2. The van der Waals surface area contributed by atoms with Crippen molar-refractivity contribution in [2.75, 3.05) is 6.61 Å². The minimum Gasteiger partial charge on any atom is -0.461 e. The summed E-state index contributed by atoms with van der Waals surface area (Å²) in [5, 5.41) is 0.783. The number of nitrogens with zero attached hydrogens (tertiary/aromatic N) is 1. The summed E-state index contributed by atoms with van der Waals surface area (Å²) in [4.78, 5) is 11.9. The molecular formula is C15H15F2NO2S. The van der Waals surface area contributed by atoms with Gasteiger partial charge in [-0.25, -0.2) is 4.79 Å². The van der Waals surface area contributed by atoms with E-state index >= 15 is 0 Å². The van der Waals surface area contributed by atoms with Crippen molar-refractivity contribution < 1.29 is 18.3 Å². The van der Waals surface area contributed by atoms with Crippen molar-refractivity contribution >= 4 is 27.6 Å². The second-order valence-corrected chi connectivity index (χ2v) is 5.47. The predicted molar refractivity (Wildman–Crippen MR) is 78.7 cm³/mol. The third-order valence-corrected chi connectivity index (χ3v) is 3.90. The van der Waals surface area contributed by atoms with Crippen LogP contribution < -0.4 is 0 Å². The molecule has 0 saturated heterocycles. The molecular weight excluding hydrogens is 296 g/mol. The smallest absolute Gasteiger partial charge is 0.358 e. The second kappa shape index (κ2) is 7.26. The highest BCUT2D eigenvalue weighted by atomic mass is 32.1. The molecule has 2 rings (SSSR count). The van der Waals surface area contributed by atoms with Gasteiger partial charge in [-0.15, -0.1) is 0 Å². The Morgan fingerprint density at radius 3 is 2.81 bits per heavy atom. The predicted octanol–water partition coefficient (Wildman–Crippen LogP) is 4.79. The molecule has 0 atom stereocenters. The first-order valence-corrected chi connectivity index (χ1v) is 7.39. The lowest BCUT2D eigenvalue weighted by Gasteiger charge is -2.03. The number of esters is 1. The van der Waals surface area contributed by atoms with Crippen LogP contribution in [0.5, 0.6) is 0 Å². The lowest BCUT2D eigenvalue weighted by molar-refractivity contribution is 0.0495. The zero-order chi connectivity index (χ0) is 15.2. The van der Waals surface area contributed by atoms with Crippen molar-refractivity contribution in [2.45, 2.75) is 26.2 Å². The van der Waals surface area contributed by atoms with Crippen LogP contribution in [0.15, 0.2) is 35.9 Å². The average molecular weight is 311 g/mol. The molecule has 0 saturated carbocycles. The maximum Gasteiger partial charge on any atom is 0.358 e. The Labute approximate surface area is 125 Å². The minimum atomic E-state index is -1.62. The van der Waals surface area contributed by atoms with Crippen molar-refractivity contribution in [1.29, 1.82) is 0 Å². The Morgan fingerprint density at radius 2 is 2.05 bits per heavy atom. The van der Waals surface area contributed by atoms with Crippen molar-refractivity contribution in [3.8, 4) is 0 Å². The van der Waals surface area contributed by atoms with Crippen LogP contribution in [0, 0.1) is 0 Å². The molecule has 1 heterocycles. The van der Waals surface area contributed by atoms with Crippen molar-refractivity contribution in [1.82, 2.24) is 4.37 Å². The van der Waals surface area contributed by atoms with Gasteiger partial charge in [0.15, 0.2) is 5.69 Å². The normalized spacial score (nSPS) is 10.6. The summed E-state index contributed by atoms with van der Waals surface area (Å²) < 4.78 is 34.6. The highest BCUT2D eigenvalue weighted by Gasteiger charge is 2.15. The molecule has 0 unspecified atom stereocenters. The van der Waals surface area contributed by atoms with Gasteiger partial charge in [0.05, 0.1) is 11.3 Å². The number of unbranched alkanes of at least 4 members (excludes halogenated alkanes) is 1. The summed E-state index contributed by atoms with van der Waals surface area (Å²) in [6, 6.07) is 7.45. The fourth-order valence-corrected chi connectivity index (χ4v) is 2.62. The van der Waals surface area contributed by atoms with Crippen molar-refractivity contribution in [3.05, 3.63) is 41.6 Å². The third kappa shape index (κ3) is 4.07. The van der Waals surface area contributed by atoms with E-state index in [1.54, 1.807) is 0 Å². The number of ether oxygens (including phenoxy) is 1. The molecule has 6 heteroatoms. The van der Waals surface area contributed by atoms with E-state index in [4.69, 9.17) is 4.74 Å². The largest absolute Gasteiger partial charge is 0.461 e. The third-order valence-electron chi connectivity index (χ3n) is 3.07. The van der Waals surface area contributed by atoms with Crippen LogP contribution in [0.2, 0.25) is 0 Å². The van der Waals surface area contributed by atoms with Gasteiger partial charge in [0.2, 0.25) is 0 Å². The molecule has 0 aliphatic carbocycles. The van der Waals surface area contributed by atoms with Gasteiger partial charge in [-0.3, -0.25) is 0 Å². The lowest BCUT2D eigenvalue weighted by atomic mass is 10.1. The van der Waals surface area contributed by atoms with Crippen LogP contribution in [0.1, 0.15) is 36.7 Å². The summed E-state index contributed by atoms with van der Waals surface area (Å²) in [6.45, 7) is 1.62. The average Bonchev–Trinajstić information content (AvgIpc) is 2.90. The molecule has 1 aromatic heterocycles. The van der Waals surface area contributed by atoms with Crippen LogP contribution in [0.4, 0.5) is 8.78 Å². The van der Waals surface area contributed by atoms with Gasteiger partial charge >= 0.3 is 5.97 Å². The van der Waals surface area contributed by atoms with Gasteiger partial charge in [0.25, 0.3) is 6.08 Å². The summed E-state index contributed by atoms with van der Waals surface area (Å²) in [5.41, 5.74) is 0.410. The lowest BCUT2D eigenvalue weighted by Crippen LogP contribution is -2.07. The zero-order valence-electron chi connectivity index (χ0n) is 11.6. The number of hydrogen-bond acceptors (Lipinski definition) is 4. The van der Waals surface area contributed by atoms with Crippen molar-refractivity contribution in [3.63, 3.8) is 0 Å². The zero-order valence-corrected chi connectivity index (χ0v) is 12.4. The van der Waals surface area contributed by atoms with Gasteiger partial charge in [0.1, 0.15) is 0 Å². The highest BCUT2D eigenvalue weighted by molar-refractivity contribution is 7.13. The van der Waals surface area contributed by atoms with Crippen LogP contribution in [-0.4, -0.2) is 16.9 Å². The van der Waals surface area contributed by atoms with E-state index in [0.29, 0.717) is 25.0 Å². The number of hydrogen-bond donors (Lipinski definition) is 0. The van der Waals surface area contributed by atoms with Gasteiger partial charge in [-0.1, -0.05) is 18.2 Å². The number of allylic oxidation sites excluding steroid dienone is 1. The monoisotopic (exact) mass is 311 g/mol. The quantitative estimate of drug-likeness (QED) is 0.568. The van der Waals surface area contributed by atoms with Crippen LogP contribution in [-0.2, 0) is 4.74 Å². The molecule has 21 heavy (non-hydrogen) atoms. The van der Waals surface area contributed by atoms with Crippen molar-refractivity contribution in [2.24, 2.45) is 0 Å². The fourth-order valence-electron chi connectivity index (χ4n) is 1.85. The number of halogens is 2. The summed E-state index contributed by atoms with van der Waals surface area (Å²) in [7, 11) is 0. The Kier molecular flexibility index (Phi) is 5.38. The fraction of sp³-hybridized carbons (Fsp3) is 0.333. The Bertz CT molecular complexity index is 662. The summed E-state index contributed by atoms with van der Waals surface area (Å²) in [6.07, 6.45) is -0.187. The topological polar surface area (TPSA) is 39.2 Å². The molecule has 0 fully saturated rings. The van der Waals surface area contributed by atoms with Gasteiger partial charge in [0, 0.05) is 5.39 Å². The number of benzene rings is 1. The first-order chi connectivity index (χ1) is 10.1. The van der Waals surface area contributed by atoms with E-state index in [1.165, 1.54) is 18.5 Å². The molecule has 0 bridgehead atoms. The highest BCUT2D eigenvalue weighted by Crippen LogP contribution is 2.22. The molecule has 0 aliphatic rings. The van der Waals surface area contributed by atoms with E-state index in [1.807, 2.05) is 24.3 Å². The molecule has 0 amide bonds. The minimum absolute atomic E-state index is 0.0896.